The summed E-state index contributed by atoms with van der Waals surface area (Å²) in [5, 5.41) is 4.59. The highest BCUT2D eigenvalue weighted by atomic mass is 79.9. The molecule has 1 heterocycles. The number of nitrogen functional groups attached to an aromatic ring is 1. The van der Waals surface area contributed by atoms with Gasteiger partial charge in [-0.2, -0.15) is 5.10 Å². The molecular formula is C16H14BrN3O. The van der Waals surface area contributed by atoms with Crippen molar-refractivity contribution in [2.75, 3.05) is 12.8 Å². The Morgan fingerprint density at radius 2 is 1.95 bits per heavy atom. The Labute approximate surface area is 131 Å². The van der Waals surface area contributed by atoms with Crippen LogP contribution in [0.4, 0.5) is 5.69 Å². The van der Waals surface area contributed by atoms with Crippen LogP contribution in [0, 0.1) is 0 Å². The Morgan fingerprint density at radius 1 is 1.14 bits per heavy atom. The maximum absolute atomic E-state index is 6.11. The van der Waals surface area contributed by atoms with Crippen molar-refractivity contribution in [3.8, 4) is 22.7 Å². The molecule has 0 unspecified atom stereocenters. The Balaban J connectivity index is 2.08. The van der Waals surface area contributed by atoms with Gasteiger partial charge in [-0.1, -0.05) is 24.3 Å². The van der Waals surface area contributed by atoms with Crippen LogP contribution in [0.1, 0.15) is 0 Å². The molecule has 0 amide bonds. The van der Waals surface area contributed by atoms with Crippen LogP contribution >= 0.6 is 15.9 Å². The lowest BCUT2D eigenvalue weighted by atomic mass is 10.1. The van der Waals surface area contributed by atoms with E-state index in [1.807, 2.05) is 54.7 Å². The summed E-state index contributed by atoms with van der Waals surface area (Å²) in [6.45, 7) is 0. The number of nitrogens with zero attached hydrogens (tertiary/aromatic N) is 2. The Morgan fingerprint density at radius 3 is 2.71 bits per heavy atom. The summed E-state index contributed by atoms with van der Waals surface area (Å²) in [5.41, 5.74) is 9.35. The van der Waals surface area contributed by atoms with Crippen LogP contribution in [0.15, 0.2) is 59.2 Å². The fourth-order valence-electron chi connectivity index (χ4n) is 2.14. The molecule has 0 aliphatic carbocycles. The van der Waals surface area contributed by atoms with E-state index in [1.54, 1.807) is 11.8 Å². The van der Waals surface area contributed by atoms with Crippen LogP contribution < -0.4 is 10.5 Å². The van der Waals surface area contributed by atoms with Gasteiger partial charge in [0, 0.05) is 10.0 Å². The molecule has 0 aliphatic heterocycles. The smallest absolute Gasteiger partial charge is 0.119 e. The van der Waals surface area contributed by atoms with Crippen molar-refractivity contribution >= 4 is 21.6 Å². The normalized spacial score (nSPS) is 10.6. The average molecular weight is 344 g/mol. The first-order chi connectivity index (χ1) is 10.2. The molecule has 106 valence electrons. The number of hydrogen-bond acceptors (Lipinski definition) is 3. The molecule has 0 fully saturated rings. The molecule has 0 atom stereocenters. The minimum absolute atomic E-state index is 0.624. The first-order valence-electron chi connectivity index (χ1n) is 6.43. The number of anilines is 1. The standard InChI is InChI=1S/C16H14BrN3O/c1-21-12-6-4-5-11(9-12)16-14(18)10-20(19-16)15-8-3-2-7-13(15)17/h2-10H,18H2,1H3. The first kappa shape index (κ1) is 13.7. The van der Waals surface area contributed by atoms with E-state index in [9.17, 15) is 0 Å². The number of hydrogen-bond donors (Lipinski definition) is 1. The van der Waals surface area contributed by atoms with Gasteiger partial charge in [0.2, 0.25) is 0 Å². The molecule has 4 nitrogen and oxygen atoms in total. The van der Waals surface area contributed by atoms with Crippen LogP contribution in [-0.2, 0) is 0 Å². The quantitative estimate of drug-likeness (QED) is 0.784. The zero-order chi connectivity index (χ0) is 14.8. The SMILES string of the molecule is COc1cccc(-c2nn(-c3ccccc3Br)cc2N)c1. The molecule has 0 saturated carbocycles. The van der Waals surface area contributed by atoms with Gasteiger partial charge >= 0.3 is 0 Å². The maximum Gasteiger partial charge on any atom is 0.119 e. The molecule has 21 heavy (non-hydrogen) atoms. The van der Waals surface area contributed by atoms with E-state index in [1.165, 1.54) is 0 Å². The minimum atomic E-state index is 0.624. The largest absolute Gasteiger partial charge is 0.497 e. The Kier molecular flexibility index (Phi) is 3.66. The van der Waals surface area contributed by atoms with Gasteiger partial charge in [0.15, 0.2) is 0 Å². The molecule has 3 rings (SSSR count). The van der Waals surface area contributed by atoms with Crippen molar-refractivity contribution < 1.29 is 4.74 Å². The highest BCUT2D eigenvalue weighted by Crippen LogP contribution is 2.29. The summed E-state index contributed by atoms with van der Waals surface area (Å²) in [6, 6.07) is 15.6. The summed E-state index contributed by atoms with van der Waals surface area (Å²) < 4.78 is 7.98. The fraction of sp³-hybridized carbons (Fsp3) is 0.0625. The van der Waals surface area contributed by atoms with E-state index < -0.39 is 0 Å². The second-order valence-corrected chi connectivity index (χ2v) is 5.42. The van der Waals surface area contributed by atoms with Crippen molar-refractivity contribution in [3.63, 3.8) is 0 Å². The fourth-order valence-corrected chi connectivity index (χ4v) is 2.61. The van der Waals surface area contributed by atoms with E-state index in [0.717, 1.165) is 27.2 Å². The summed E-state index contributed by atoms with van der Waals surface area (Å²) in [5.74, 6) is 0.780. The third-order valence-electron chi connectivity index (χ3n) is 3.18. The number of halogens is 1. The molecule has 2 aromatic carbocycles. The zero-order valence-electron chi connectivity index (χ0n) is 11.5. The van der Waals surface area contributed by atoms with Gasteiger partial charge in [-0.25, -0.2) is 4.68 Å². The van der Waals surface area contributed by atoms with Crippen molar-refractivity contribution in [2.45, 2.75) is 0 Å². The van der Waals surface area contributed by atoms with Crippen LogP contribution in [0.2, 0.25) is 0 Å². The van der Waals surface area contributed by atoms with E-state index in [4.69, 9.17) is 10.5 Å². The molecule has 3 aromatic rings. The summed E-state index contributed by atoms with van der Waals surface area (Å²) >= 11 is 3.52. The molecule has 2 N–H and O–H groups in total. The third kappa shape index (κ3) is 2.64. The molecule has 0 aliphatic rings. The predicted molar refractivity (Wildman–Crippen MR) is 87.7 cm³/mol. The summed E-state index contributed by atoms with van der Waals surface area (Å²) in [6.07, 6.45) is 1.81. The molecule has 0 bridgehead atoms. The summed E-state index contributed by atoms with van der Waals surface area (Å²) in [4.78, 5) is 0. The molecule has 0 saturated heterocycles. The van der Waals surface area contributed by atoms with Gasteiger partial charge < -0.3 is 10.5 Å². The number of aromatic nitrogens is 2. The van der Waals surface area contributed by atoms with Gasteiger partial charge in [-0.15, -0.1) is 0 Å². The van der Waals surface area contributed by atoms with Crippen molar-refractivity contribution in [1.82, 2.24) is 9.78 Å². The Bertz CT molecular complexity index is 783. The average Bonchev–Trinajstić information content (AvgIpc) is 2.89. The van der Waals surface area contributed by atoms with Crippen LogP contribution in [0.3, 0.4) is 0 Å². The molecule has 0 spiro atoms. The number of para-hydroxylation sites is 1. The lowest BCUT2D eigenvalue weighted by molar-refractivity contribution is 0.415. The lowest BCUT2D eigenvalue weighted by Crippen LogP contribution is -1.95. The van der Waals surface area contributed by atoms with Crippen molar-refractivity contribution in [2.24, 2.45) is 0 Å². The monoisotopic (exact) mass is 343 g/mol. The van der Waals surface area contributed by atoms with Gasteiger partial charge in [-0.05, 0) is 40.2 Å². The second-order valence-electron chi connectivity index (χ2n) is 4.56. The molecule has 5 heteroatoms. The predicted octanol–water partition coefficient (Wildman–Crippen LogP) is 3.89. The van der Waals surface area contributed by atoms with Crippen molar-refractivity contribution in [1.29, 1.82) is 0 Å². The van der Waals surface area contributed by atoms with Crippen LogP contribution in [-0.4, -0.2) is 16.9 Å². The van der Waals surface area contributed by atoms with Gasteiger partial charge in [0.1, 0.15) is 11.4 Å². The topological polar surface area (TPSA) is 53.1 Å². The number of rotatable bonds is 3. The number of benzene rings is 2. The van der Waals surface area contributed by atoms with E-state index in [2.05, 4.69) is 21.0 Å². The number of nitrogens with two attached hydrogens (primary N) is 1. The molecule has 1 aromatic heterocycles. The van der Waals surface area contributed by atoms with Gasteiger partial charge in [0.25, 0.3) is 0 Å². The third-order valence-corrected chi connectivity index (χ3v) is 3.86. The van der Waals surface area contributed by atoms with E-state index >= 15 is 0 Å². The molecular weight excluding hydrogens is 330 g/mol. The first-order valence-corrected chi connectivity index (χ1v) is 7.23. The Hall–Kier alpha value is -2.27. The van der Waals surface area contributed by atoms with E-state index in [-0.39, 0.29) is 0 Å². The second kappa shape index (κ2) is 5.61. The van der Waals surface area contributed by atoms with E-state index in [0.29, 0.717) is 5.69 Å². The molecule has 0 radical (unpaired) electrons. The van der Waals surface area contributed by atoms with Crippen LogP contribution in [0.5, 0.6) is 5.75 Å². The highest BCUT2D eigenvalue weighted by Gasteiger charge is 2.11. The lowest BCUT2D eigenvalue weighted by Gasteiger charge is -2.04. The van der Waals surface area contributed by atoms with Crippen molar-refractivity contribution in [3.05, 3.63) is 59.2 Å². The highest BCUT2D eigenvalue weighted by molar-refractivity contribution is 9.10. The van der Waals surface area contributed by atoms with Crippen LogP contribution in [0.25, 0.3) is 16.9 Å². The number of methoxy groups -OCH3 is 1. The number of ether oxygens (including phenoxy) is 1. The van der Waals surface area contributed by atoms with Gasteiger partial charge in [0.05, 0.1) is 24.7 Å². The zero-order valence-corrected chi connectivity index (χ0v) is 13.0. The minimum Gasteiger partial charge on any atom is -0.497 e. The maximum atomic E-state index is 6.11. The summed E-state index contributed by atoms with van der Waals surface area (Å²) in [7, 11) is 1.64. The van der Waals surface area contributed by atoms with Gasteiger partial charge in [-0.3, -0.25) is 0 Å².